The zero-order chi connectivity index (χ0) is 10.6. The highest BCUT2D eigenvalue weighted by molar-refractivity contribution is 5.93. The van der Waals surface area contributed by atoms with E-state index in [1.54, 1.807) is 18.3 Å². The van der Waals surface area contributed by atoms with Crippen LogP contribution in [0.2, 0.25) is 0 Å². The van der Waals surface area contributed by atoms with E-state index >= 15 is 0 Å². The molecule has 1 heterocycles. The molecule has 14 heavy (non-hydrogen) atoms. The van der Waals surface area contributed by atoms with Crippen LogP contribution in [-0.2, 0) is 0 Å². The maximum Gasteiger partial charge on any atom is 0.339 e. The first-order valence-electron chi connectivity index (χ1n) is 4.22. The summed E-state index contributed by atoms with van der Waals surface area (Å²) in [6.07, 6.45) is 3.23. The number of carboxylic acid groups (broad SMARTS) is 1. The van der Waals surface area contributed by atoms with Gasteiger partial charge in [-0.1, -0.05) is 6.08 Å². The summed E-state index contributed by atoms with van der Waals surface area (Å²) in [5.41, 5.74) is 0.168. The molecule has 2 N–H and O–H groups in total. The number of aromatic nitrogens is 1. The third-order valence-corrected chi connectivity index (χ3v) is 1.76. The van der Waals surface area contributed by atoms with Crippen LogP contribution < -0.4 is 5.32 Å². The SMILES string of the molecule is C=CC(C)Nc1ncccc1C(=O)O. The summed E-state index contributed by atoms with van der Waals surface area (Å²) in [6.45, 7) is 5.46. The Morgan fingerprint density at radius 2 is 2.50 bits per heavy atom. The highest BCUT2D eigenvalue weighted by Crippen LogP contribution is 2.12. The number of anilines is 1. The predicted octanol–water partition coefficient (Wildman–Crippen LogP) is 1.77. The summed E-state index contributed by atoms with van der Waals surface area (Å²) < 4.78 is 0. The minimum atomic E-state index is -0.989. The van der Waals surface area contributed by atoms with Crippen molar-refractivity contribution in [1.29, 1.82) is 0 Å². The molecular formula is C10H12N2O2. The molecule has 0 aliphatic heterocycles. The van der Waals surface area contributed by atoms with Crippen molar-refractivity contribution in [2.75, 3.05) is 5.32 Å². The minimum absolute atomic E-state index is 0.0111. The fourth-order valence-corrected chi connectivity index (χ4v) is 0.967. The quantitative estimate of drug-likeness (QED) is 0.713. The van der Waals surface area contributed by atoms with E-state index in [2.05, 4.69) is 16.9 Å². The van der Waals surface area contributed by atoms with Gasteiger partial charge in [-0.2, -0.15) is 0 Å². The number of hydrogen-bond donors (Lipinski definition) is 2. The van der Waals surface area contributed by atoms with Crippen LogP contribution in [0.15, 0.2) is 31.0 Å². The lowest BCUT2D eigenvalue weighted by atomic mass is 10.2. The second-order valence-corrected chi connectivity index (χ2v) is 2.87. The van der Waals surface area contributed by atoms with Gasteiger partial charge >= 0.3 is 5.97 Å². The lowest BCUT2D eigenvalue weighted by Crippen LogP contribution is -2.15. The van der Waals surface area contributed by atoms with Crippen LogP contribution >= 0.6 is 0 Å². The number of carbonyl (C=O) groups is 1. The average Bonchev–Trinajstić information content (AvgIpc) is 2.18. The second kappa shape index (κ2) is 4.41. The van der Waals surface area contributed by atoms with Gasteiger partial charge in [-0.05, 0) is 19.1 Å². The Morgan fingerprint density at radius 1 is 1.79 bits per heavy atom. The summed E-state index contributed by atoms with van der Waals surface area (Å²) in [7, 11) is 0. The fraction of sp³-hybridized carbons (Fsp3) is 0.200. The molecule has 0 aromatic carbocycles. The molecule has 4 heteroatoms. The van der Waals surface area contributed by atoms with Crippen LogP contribution in [0.3, 0.4) is 0 Å². The molecule has 1 aromatic rings. The molecule has 1 unspecified atom stereocenters. The van der Waals surface area contributed by atoms with Crippen molar-refractivity contribution in [2.24, 2.45) is 0 Å². The summed E-state index contributed by atoms with van der Waals surface area (Å²) in [4.78, 5) is 14.7. The molecule has 0 saturated heterocycles. The van der Waals surface area contributed by atoms with Crippen LogP contribution in [-0.4, -0.2) is 22.1 Å². The highest BCUT2D eigenvalue weighted by Gasteiger charge is 2.10. The van der Waals surface area contributed by atoms with E-state index in [1.807, 2.05) is 6.92 Å². The van der Waals surface area contributed by atoms with Crippen molar-refractivity contribution >= 4 is 11.8 Å². The molecule has 0 saturated carbocycles. The van der Waals surface area contributed by atoms with Crippen LogP contribution in [0.5, 0.6) is 0 Å². The summed E-state index contributed by atoms with van der Waals surface area (Å²) >= 11 is 0. The minimum Gasteiger partial charge on any atom is -0.478 e. The van der Waals surface area contributed by atoms with Gasteiger partial charge in [0.15, 0.2) is 0 Å². The van der Waals surface area contributed by atoms with Crippen molar-refractivity contribution < 1.29 is 9.90 Å². The lowest BCUT2D eigenvalue weighted by Gasteiger charge is -2.11. The molecule has 0 bridgehead atoms. The van der Waals surface area contributed by atoms with Crippen molar-refractivity contribution in [2.45, 2.75) is 13.0 Å². The molecule has 1 atom stereocenters. The van der Waals surface area contributed by atoms with Gasteiger partial charge in [0.1, 0.15) is 11.4 Å². The Hall–Kier alpha value is -1.84. The standard InChI is InChI=1S/C10H12N2O2/c1-3-7(2)12-9-8(10(13)14)5-4-6-11-9/h3-7H,1H2,2H3,(H,11,12)(H,13,14). The number of hydrogen-bond acceptors (Lipinski definition) is 3. The van der Waals surface area contributed by atoms with Gasteiger partial charge in [-0.3, -0.25) is 0 Å². The maximum absolute atomic E-state index is 10.8. The van der Waals surface area contributed by atoms with Crippen molar-refractivity contribution in [3.63, 3.8) is 0 Å². The summed E-state index contributed by atoms with van der Waals surface area (Å²) in [5, 5.41) is 11.8. The summed E-state index contributed by atoms with van der Waals surface area (Å²) in [5.74, 6) is -0.621. The van der Waals surface area contributed by atoms with Gasteiger partial charge in [-0.25, -0.2) is 9.78 Å². The molecule has 0 radical (unpaired) electrons. The van der Waals surface area contributed by atoms with Crippen LogP contribution in [0.1, 0.15) is 17.3 Å². The molecular weight excluding hydrogens is 180 g/mol. The van der Waals surface area contributed by atoms with Gasteiger partial charge < -0.3 is 10.4 Å². The first-order chi connectivity index (χ1) is 6.65. The Morgan fingerprint density at radius 3 is 3.07 bits per heavy atom. The van der Waals surface area contributed by atoms with Crippen LogP contribution in [0.4, 0.5) is 5.82 Å². The normalized spacial score (nSPS) is 11.8. The molecule has 0 aliphatic carbocycles. The Bertz CT molecular complexity index is 350. The maximum atomic E-state index is 10.8. The number of aromatic carboxylic acids is 1. The first-order valence-corrected chi connectivity index (χ1v) is 4.22. The lowest BCUT2D eigenvalue weighted by molar-refractivity contribution is 0.0697. The number of carboxylic acids is 1. The van der Waals surface area contributed by atoms with Gasteiger partial charge in [-0.15, -0.1) is 6.58 Å². The Labute approximate surface area is 82.3 Å². The molecule has 4 nitrogen and oxygen atoms in total. The molecule has 0 spiro atoms. The monoisotopic (exact) mass is 192 g/mol. The molecule has 0 aliphatic rings. The van der Waals surface area contributed by atoms with E-state index in [0.29, 0.717) is 5.82 Å². The van der Waals surface area contributed by atoms with E-state index in [9.17, 15) is 4.79 Å². The smallest absolute Gasteiger partial charge is 0.339 e. The molecule has 1 aromatic heterocycles. The first kappa shape index (κ1) is 10.2. The molecule has 74 valence electrons. The molecule has 0 amide bonds. The van der Waals surface area contributed by atoms with Gasteiger partial charge in [0.25, 0.3) is 0 Å². The third kappa shape index (κ3) is 2.32. The van der Waals surface area contributed by atoms with Crippen LogP contribution in [0.25, 0.3) is 0 Å². The van der Waals surface area contributed by atoms with Crippen LogP contribution in [0, 0.1) is 0 Å². The Balaban J connectivity index is 2.95. The van der Waals surface area contributed by atoms with Crippen molar-refractivity contribution in [3.05, 3.63) is 36.5 Å². The van der Waals surface area contributed by atoms with E-state index in [0.717, 1.165) is 0 Å². The zero-order valence-electron chi connectivity index (χ0n) is 7.90. The number of nitrogens with one attached hydrogen (secondary N) is 1. The molecule has 0 fully saturated rings. The van der Waals surface area contributed by atoms with E-state index in [4.69, 9.17) is 5.11 Å². The second-order valence-electron chi connectivity index (χ2n) is 2.87. The number of nitrogens with zero attached hydrogens (tertiary/aromatic N) is 1. The van der Waals surface area contributed by atoms with Gasteiger partial charge in [0.05, 0.1) is 0 Å². The highest BCUT2D eigenvalue weighted by atomic mass is 16.4. The summed E-state index contributed by atoms with van der Waals surface area (Å²) in [6, 6.07) is 3.09. The van der Waals surface area contributed by atoms with E-state index < -0.39 is 5.97 Å². The van der Waals surface area contributed by atoms with Crippen molar-refractivity contribution in [3.8, 4) is 0 Å². The van der Waals surface area contributed by atoms with Gasteiger partial charge in [0.2, 0.25) is 0 Å². The zero-order valence-corrected chi connectivity index (χ0v) is 7.90. The molecule has 1 rings (SSSR count). The predicted molar refractivity (Wildman–Crippen MR) is 54.5 cm³/mol. The Kier molecular flexibility index (Phi) is 3.23. The fourth-order valence-electron chi connectivity index (χ4n) is 0.967. The average molecular weight is 192 g/mol. The van der Waals surface area contributed by atoms with Crippen molar-refractivity contribution in [1.82, 2.24) is 4.98 Å². The number of pyridine rings is 1. The largest absolute Gasteiger partial charge is 0.478 e. The van der Waals surface area contributed by atoms with Gasteiger partial charge in [0, 0.05) is 12.2 Å². The van der Waals surface area contributed by atoms with E-state index in [1.165, 1.54) is 6.07 Å². The van der Waals surface area contributed by atoms with E-state index in [-0.39, 0.29) is 11.6 Å². The number of rotatable bonds is 4. The topological polar surface area (TPSA) is 62.2 Å². The third-order valence-electron chi connectivity index (χ3n) is 1.76.